The molecule has 4 nitrogen and oxygen atoms in total. The highest BCUT2D eigenvalue weighted by Gasteiger charge is 2.52. The maximum absolute atomic E-state index is 13.0. The lowest BCUT2D eigenvalue weighted by molar-refractivity contribution is -0.118. The number of carbonyl (C=O) groups excluding carboxylic acids is 1. The first-order chi connectivity index (χ1) is 12.0. The molecule has 5 heteroatoms. The maximum Gasteiger partial charge on any atom is 0.235 e. The number of aromatic nitrogens is 1. The van der Waals surface area contributed by atoms with Crippen molar-refractivity contribution in [2.24, 2.45) is 0 Å². The van der Waals surface area contributed by atoms with Crippen LogP contribution < -0.4 is 10.1 Å². The van der Waals surface area contributed by atoms with Crippen LogP contribution in [0.15, 0.2) is 47.1 Å². The van der Waals surface area contributed by atoms with E-state index in [0.717, 1.165) is 50.8 Å². The smallest absolute Gasteiger partial charge is 0.235 e. The summed E-state index contributed by atoms with van der Waals surface area (Å²) in [6.45, 7) is 2.01. The van der Waals surface area contributed by atoms with E-state index >= 15 is 0 Å². The van der Waals surface area contributed by atoms with Gasteiger partial charge in [0.25, 0.3) is 0 Å². The summed E-state index contributed by atoms with van der Waals surface area (Å²) >= 11 is 3.49. The van der Waals surface area contributed by atoms with Crippen LogP contribution >= 0.6 is 15.9 Å². The average Bonchev–Trinajstić information content (AvgIpc) is 3.31. The topological polar surface area (TPSA) is 54.1 Å². The lowest BCUT2D eigenvalue weighted by Gasteiger charge is -2.16. The molecule has 0 saturated heterocycles. The number of benzene rings is 2. The second-order valence-electron chi connectivity index (χ2n) is 6.61. The minimum atomic E-state index is -0.453. The number of fused-ring (bicyclic) bond motifs is 1. The van der Waals surface area contributed by atoms with Crippen molar-refractivity contribution in [2.75, 3.05) is 12.4 Å². The van der Waals surface area contributed by atoms with Gasteiger partial charge in [0.1, 0.15) is 5.75 Å². The summed E-state index contributed by atoms with van der Waals surface area (Å²) in [5.74, 6) is 0.853. The highest BCUT2D eigenvalue weighted by molar-refractivity contribution is 9.10. The third-order valence-electron chi connectivity index (χ3n) is 5.00. The van der Waals surface area contributed by atoms with Crippen LogP contribution in [0.1, 0.15) is 24.0 Å². The summed E-state index contributed by atoms with van der Waals surface area (Å²) in [5, 5.41) is 4.14. The first-order valence-corrected chi connectivity index (χ1v) is 9.06. The van der Waals surface area contributed by atoms with Crippen LogP contribution in [0.3, 0.4) is 0 Å². The average molecular weight is 399 g/mol. The van der Waals surface area contributed by atoms with Gasteiger partial charge in [0.05, 0.1) is 12.5 Å². The molecule has 1 heterocycles. The second-order valence-corrected chi connectivity index (χ2v) is 7.47. The van der Waals surface area contributed by atoms with Crippen LogP contribution in [-0.4, -0.2) is 18.0 Å². The number of anilines is 1. The van der Waals surface area contributed by atoms with Gasteiger partial charge in [-0.15, -0.1) is 0 Å². The molecule has 3 aromatic rings. The molecule has 1 aromatic heterocycles. The molecule has 1 aliphatic carbocycles. The standard InChI is InChI=1S/C20H19BrN2O2/c1-12-9-13(3-5-17(12)21)23-19(24)20(7-8-20)16-11-22-18-6-4-14(25-2)10-15(16)18/h3-6,9-11,22H,7-8H2,1-2H3,(H,23,24). The van der Waals surface area contributed by atoms with Crippen LogP contribution in [0.25, 0.3) is 10.9 Å². The van der Waals surface area contributed by atoms with Crippen molar-refractivity contribution in [2.45, 2.75) is 25.2 Å². The first kappa shape index (κ1) is 16.2. The zero-order valence-corrected chi connectivity index (χ0v) is 15.7. The summed E-state index contributed by atoms with van der Waals surface area (Å²) in [7, 11) is 1.66. The number of rotatable bonds is 4. The number of amides is 1. The Bertz CT molecular complexity index is 973. The fourth-order valence-corrected chi connectivity index (χ4v) is 3.59. The fraction of sp³-hybridized carbons (Fsp3) is 0.250. The van der Waals surface area contributed by atoms with Gasteiger partial charge >= 0.3 is 0 Å². The van der Waals surface area contributed by atoms with E-state index in [2.05, 4.69) is 26.2 Å². The Balaban J connectivity index is 1.67. The van der Waals surface area contributed by atoms with Crippen molar-refractivity contribution in [3.63, 3.8) is 0 Å². The fourth-order valence-electron chi connectivity index (χ4n) is 3.34. The number of ether oxygens (including phenoxy) is 1. The molecule has 0 unspecified atom stereocenters. The Hall–Kier alpha value is -2.27. The lowest BCUT2D eigenvalue weighted by atomic mass is 9.94. The molecule has 0 radical (unpaired) electrons. The molecule has 128 valence electrons. The summed E-state index contributed by atoms with van der Waals surface area (Å²) in [4.78, 5) is 16.3. The predicted octanol–water partition coefficient (Wildman–Crippen LogP) is 4.92. The van der Waals surface area contributed by atoms with Crippen LogP contribution in [0, 0.1) is 6.92 Å². The summed E-state index contributed by atoms with van der Waals surface area (Å²) < 4.78 is 6.38. The Labute approximate surface area is 154 Å². The molecule has 0 spiro atoms. The van der Waals surface area contributed by atoms with Crippen LogP contribution in [0.2, 0.25) is 0 Å². The Morgan fingerprint density at radius 2 is 2.04 bits per heavy atom. The molecule has 25 heavy (non-hydrogen) atoms. The van der Waals surface area contributed by atoms with Crippen LogP contribution in [0.4, 0.5) is 5.69 Å². The highest BCUT2D eigenvalue weighted by Crippen LogP contribution is 2.51. The lowest BCUT2D eigenvalue weighted by Crippen LogP contribution is -2.27. The van der Waals surface area contributed by atoms with E-state index in [4.69, 9.17) is 4.74 Å². The number of aryl methyl sites for hydroxylation is 1. The van der Waals surface area contributed by atoms with E-state index in [-0.39, 0.29) is 5.91 Å². The van der Waals surface area contributed by atoms with Crippen molar-refractivity contribution < 1.29 is 9.53 Å². The SMILES string of the molecule is COc1ccc2[nH]cc(C3(C(=O)Nc4ccc(Br)c(C)c4)CC3)c2c1. The predicted molar refractivity (Wildman–Crippen MR) is 103 cm³/mol. The minimum absolute atomic E-state index is 0.0537. The number of carbonyl (C=O) groups is 1. The van der Waals surface area contributed by atoms with E-state index in [1.165, 1.54) is 0 Å². The van der Waals surface area contributed by atoms with Gasteiger partial charge in [-0.25, -0.2) is 0 Å². The van der Waals surface area contributed by atoms with Gasteiger partial charge in [-0.2, -0.15) is 0 Å². The number of nitrogens with one attached hydrogen (secondary N) is 2. The number of halogens is 1. The third kappa shape index (κ3) is 2.72. The summed E-state index contributed by atoms with van der Waals surface area (Å²) in [5.41, 5.74) is 3.54. The number of aromatic amines is 1. The van der Waals surface area contributed by atoms with Gasteiger partial charge in [-0.3, -0.25) is 4.79 Å². The molecule has 1 fully saturated rings. The number of hydrogen-bond donors (Lipinski definition) is 2. The molecular formula is C20H19BrN2O2. The van der Waals surface area contributed by atoms with Gasteiger partial charge < -0.3 is 15.0 Å². The Kier molecular flexibility index (Phi) is 3.84. The van der Waals surface area contributed by atoms with Crippen LogP contribution in [-0.2, 0) is 10.2 Å². The highest BCUT2D eigenvalue weighted by atomic mass is 79.9. The molecule has 2 aromatic carbocycles. The van der Waals surface area contributed by atoms with E-state index < -0.39 is 5.41 Å². The van der Waals surface area contributed by atoms with Crippen molar-refractivity contribution in [1.82, 2.24) is 4.98 Å². The molecule has 0 bridgehead atoms. The van der Waals surface area contributed by atoms with Gasteiger partial charge in [0.15, 0.2) is 0 Å². The minimum Gasteiger partial charge on any atom is -0.497 e. The molecule has 4 rings (SSSR count). The molecule has 1 aliphatic rings. The summed E-state index contributed by atoms with van der Waals surface area (Å²) in [6.07, 6.45) is 3.68. The van der Waals surface area contributed by atoms with Gasteiger partial charge in [0.2, 0.25) is 5.91 Å². The van der Waals surface area contributed by atoms with E-state index in [1.54, 1.807) is 7.11 Å². The maximum atomic E-state index is 13.0. The Morgan fingerprint density at radius 1 is 1.24 bits per heavy atom. The third-order valence-corrected chi connectivity index (χ3v) is 5.89. The van der Waals surface area contributed by atoms with Crippen molar-refractivity contribution in [1.29, 1.82) is 0 Å². The van der Waals surface area contributed by atoms with Crippen molar-refractivity contribution in [3.05, 3.63) is 58.2 Å². The quantitative estimate of drug-likeness (QED) is 0.655. The van der Waals surface area contributed by atoms with Gasteiger partial charge in [-0.1, -0.05) is 15.9 Å². The number of H-pyrrole nitrogens is 1. The zero-order valence-electron chi connectivity index (χ0n) is 14.2. The normalized spacial score (nSPS) is 15.2. The molecule has 2 N–H and O–H groups in total. The Morgan fingerprint density at radius 3 is 2.72 bits per heavy atom. The monoisotopic (exact) mass is 398 g/mol. The van der Waals surface area contributed by atoms with E-state index in [1.807, 2.05) is 49.5 Å². The number of hydrogen-bond acceptors (Lipinski definition) is 2. The molecule has 0 aliphatic heterocycles. The van der Waals surface area contributed by atoms with E-state index in [9.17, 15) is 4.79 Å². The van der Waals surface area contributed by atoms with Gasteiger partial charge in [0, 0.05) is 27.3 Å². The van der Waals surface area contributed by atoms with Crippen LogP contribution in [0.5, 0.6) is 5.75 Å². The largest absolute Gasteiger partial charge is 0.497 e. The van der Waals surface area contributed by atoms with Crippen molar-refractivity contribution >= 4 is 38.4 Å². The molecular weight excluding hydrogens is 380 g/mol. The second kappa shape index (κ2) is 5.92. The first-order valence-electron chi connectivity index (χ1n) is 8.27. The number of methoxy groups -OCH3 is 1. The zero-order chi connectivity index (χ0) is 17.6. The molecule has 0 atom stereocenters. The van der Waals surface area contributed by atoms with Gasteiger partial charge in [-0.05, 0) is 67.3 Å². The van der Waals surface area contributed by atoms with Crippen molar-refractivity contribution in [3.8, 4) is 5.75 Å². The van der Waals surface area contributed by atoms with E-state index in [0.29, 0.717) is 0 Å². The molecule has 1 saturated carbocycles. The molecule has 1 amide bonds. The summed E-state index contributed by atoms with van der Waals surface area (Å²) in [6, 6.07) is 11.8.